The summed E-state index contributed by atoms with van der Waals surface area (Å²) in [5, 5.41) is 2.96. The van der Waals surface area contributed by atoms with Gasteiger partial charge in [-0.25, -0.2) is 14.8 Å². The number of aromatic nitrogens is 2. The van der Waals surface area contributed by atoms with Crippen LogP contribution in [0, 0.1) is 5.95 Å². The maximum absolute atomic E-state index is 14.0. The lowest BCUT2D eigenvalue weighted by atomic mass is 9.95. The van der Waals surface area contributed by atoms with Crippen molar-refractivity contribution in [1.29, 1.82) is 0 Å². The maximum Gasteiger partial charge on any atom is 0.322 e. The summed E-state index contributed by atoms with van der Waals surface area (Å²) in [7, 11) is 0. The minimum atomic E-state index is -0.410. The number of rotatable bonds is 2. The van der Waals surface area contributed by atoms with Crippen LogP contribution >= 0.6 is 0 Å². The van der Waals surface area contributed by atoms with Gasteiger partial charge in [-0.15, -0.1) is 0 Å². The number of nitrogens with one attached hydrogen (secondary N) is 1. The number of amides is 2. The Morgan fingerprint density at radius 3 is 2.85 bits per heavy atom. The molecule has 27 heavy (non-hydrogen) atoms. The van der Waals surface area contributed by atoms with E-state index in [4.69, 9.17) is 4.42 Å². The zero-order chi connectivity index (χ0) is 18.4. The number of urea groups is 1. The SMILES string of the molecule is O=C(Nc1ccc(-c2cnco2)cc1)N1[C@H]2CC[C@@H]1c1ccnc(F)c1C2. The van der Waals surface area contributed by atoms with Crippen molar-refractivity contribution in [3.05, 3.63) is 66.2 Å². The number of carbonyl (C=O) groups excluding carboxylic acids is 1. The van der Waals surface area contributed by atoms with Crippen LogP contribution in [0.2, 0.25) is 0 Å². The quantitative estimate of drug-likeness (QED) is 0.693. The molecule has 2 amide bonds. The van der Waals surface area contributed by atoms with E-state index in [2.05, 4.69) is 15.3 Å². The number of oxazole rings is 1. The molecule has 2 aliphatic heterocycles. The molecule has 0 spiro atoms. The van der Waals surface area contributed by atoms with Crippen molar-refractivity contribution in [3.63, 3.8) is 0 Å². The van der Waals surface area contributed by atoms with E-state index < -0.39 is 5.95 Å². The van der Waals surface area contributed by atoms with Gasteiger partial charge in [0.25, 0.3) is 0 Å². The summed E-state index contributed by atoms with van der Waals surface area (Å²) in [4.78, 5) is 22.4. The summed E-state index contributed by atoms with van der Waals surface area (Å²) >= 11 is 0. The van der Waals surface area contributed by atoms with Crippen LogP contribution in [0.3, 0.4) is 0 Å². The van der Waals surface area contributed by atoms with Gasteiger partial charge < -0.3 is 14.6 Å². The number of hydrogen-bond acceptors (Lipinski definition) is 4. The summed E-state index contributed by atoms with van der Waals surface area (Å²) in [5.41, 5.74) is 3.13. The molecule has 5 rings (SSSR count). The molecule has 136 valence electrons. The first-order chi connectivity index (χ1) is 13.2. The second kappa shape index (κ2) is 6.19. The second-order valence-electron chi connectivity index (χ2n) is 6.90. The normalized spacial score (nSPS) is 20.4. The maximum atomic E-state index is 14.0. The van der Waals surface area contributed by atoms with E-state index in [1.807, 2.05) is 35.2 Å². The van der Waals surface area contributed by atoms with Gasteiger partial charge in [-0.05, 0) is 55.2 Å². The van der Waals surface area contributed by atoms with Crippen molar-refractivity contribution >= 4 is 11.7 Å². The molecule has 4 heterocycles. The van der Waals surface area contributed by atoms with E-state index in [-0.39, 0.29) is 18.1 Å². The summed E-state index contributed by atoms with van der Waals surface area (Å²) in [5.74, 6) is 0.265. The third-order valence-electron chi connectivity index (χ3n) is 5.43. The van der Waals surface area contributed by atoms with Gasteiger partial charge in [-0.1, -0.05) is 0 Å². The zero-order valence-electron chi connectivity index (χ0n) is 14.4. The fraction of sp³-hybridized carbons (Fsp3) is 0.250. The fourth-order valence-electron chi connectivity index (χ4n) is 4.19. The highest BCUT2D eigenvalue weighted by atomic mass is 19.1. The number of fused-ring (bicyclic) bond motifs is 4. The Morgan fingerprint density at radius 1 is 1.22 bits per heavy atom. The number of pyridine rings is 1. The van der Waals surface area contributed by atoms with E-state index in [1.54, 1.807) is 6.20 Å². The van der Waals surface area contributed by atoms with Crippen molar-refractivity contribution in [2.75, 3.05) is 5.32 Å². The number of halogens is 1. The monoisotopic (exact) mass is 364 g/mol. The molecule has 3 aromatic rings. The molecule has 1 fully saturated rings. The van der Waals surface area contributed by atoms with Crippen molar-refractivity contribution in [2.45, 2.75) is 31.3 Å². The predicted octanol–water partition coefficient (Wildman–Crippen LogP) is 4.17. The highest BCUT2D eigenvalue weighted by Gasteiger charge is 2.43. The Morgan fingerprint density at radius 2 is 2.07 bits per heavy atom. The number of benzene rings is 1. The Bertz CT molecular complexity index is 988. The molecule has 0 aliphatic carbocycles. The van der Waals surface area contributed by atoms with Gasteiger partial charge >= 0.3 is 6.03 Å². The van der Waals surface area contributed by atoms with Gasteiger partial charge in [0.15, 0.2) is 12.2 Å². The van der Waals surface area contributed by atoms with Crippen LogP contribution in [-0.2, 0) is 6.42 Å². The molecule has 2 aromatic heterocycles. The molecule has 2 aliphatic rings. The van der Waals surface area contributed by atoms with E-state index >= 15 is 0 Å². The van der Waals surface area contributed by atoms with Gasteiger partial charge in [-0.2, -0.15) is 4.39 Å². The number of anilines is 1. The minimum Gasteiger partial charge on any atom is -0.444 e. The lowest BCUT2D eigenvalue weighted by molar-refractivity contribution is 0.178. The second-order valence-corrected chi connectivity index (χ2v) is 6.90. The van der Waals surface area contributed by atoms with Crippen molar-refractivity contribution in [1.82, 2.24) is 14.9 Å². The molecule has 7 heteroatoms. The summed E-state index contributed by atoms with van der Waals surface area (Å²) < 4.78 is 19.3. The van der Waals surface area contributed by atoms with Gasteiger partial charge in [0.1, 0.15) is 0 Å². The van der Waals surface area contributed by atoms with Crippen LogP contribution in [0.25, 0.3) is 11.3 Å². The van der Waals surface area contributed by atoms with E-state index in [0.717, 1.165) is 24.0 Å². The Kier molecular flexibility index (Phi) is 3.67. The largest absolute Gasteiger partial charge is 0.444 e. The minimum absolute atomic E-state index is 0.00895. The highest BCUT2D eigenvalue weighted by Crippen LogP contribution is 2.44. The van der Waals surface area contributed by atoms with Crippen LogP contribution in [-0.4, -0.2) is 26.9 Å². The predicted molar refractivity (Wildman–Crippen MR) is 96.5 cm³/mol. The lowest BCUT2D eigenvalue weighted by Gasteiger charge is -2.36. The summed E-state index contributed by atoms with van der Waals surface area (Å²) in [6.07, 6.45) is 6.74. The molecule has 6 nitrogen and oxygen atoms in total. The Labute approximate surface area is 155 Å². The standard InChI is InChI=1S/C20H17FN4O2/c21-19-16-9-14-5-6-17(15(16)7-8-23-19)25(14)20(26)24-13-3-1-12(2-4-13)18-10-22-11-27-18/h1-4,7-8,10-11,14,17H,5-6,9H2,(H,24,26)/t14-,17+/m0/s1. The molecule has 2 bridgehead atoms. The van der Waals surface area contributed by atoms with Crippen molar-refractivity contribution in [2.24, 2.45) is 0 Å². The Hall–Kier alpha value is -3.22. The van der Waals surface area contributed by atoms with Gasteiger partial charge in [-0.3, -0.25) is 0 Å². The van der Waals surface area contributed by atoms with Crippen LogP contribution < -0.4 is 5.32 Å². The molecular weight excluding hydrogens is 347 g/mol. The molecule has 0 unspecified atom stereocenters. The molecule has 2 atom stereocenters. The van der Waals surface area contributed by atoms with Crippen molar-refractivity contribution < 1.29 is 13.6 Å². The van der Waals surface area contributed by atoms with E-state index in [1.165, 1.54) is 12.6 Å². The summed E-state index contributed by atoms with van der Waals surface area (Å²) in [6.45, 7) is 0. The van der Waals surface area contributed by atoms with Crippen LogP contribution in [0.4, 0.5) is 14.9 Å². The number of carbonyl (C=O) groups is 1. The van der Waals surface area contributed by atoms with E-state index in [9.17, 15) is 9.18 Å². The van der Waals surface area contributed by atoms with Gasteiger partial charge in [0.2, 0.25) is 5.95 Å². The molecule has 0 saturated carbocycles. The number of nitrogens with zero attached hydrogens (tertiary/aromatic N) is 3. The first-order valence-corrected chi connectivity index (χ1v) is 8.92. The lowest BCUT2D eigenvalue weighted by Crippen LogP contribution is -2.44. The molecule has 0 radical (unpaired) electrons. The first kappa shape index (κ1) is 16.0. The average Bonchev–Trinajstić information content (AvgIpc) is 3.31. The third kappa shape index (κ3) is 2.66. The molecule has 1 aromatic carbocycles. The summed E-state index contributed by atoms with van der Waals surface area (Å²) in [6, 6.07) is 9.00. The molecular formula is C20H17FN4O2. The first-order valence-electron chi connectivity index (χ1n) is 8.92. The fourth-order valence-corrected chi connectivity index (χ4v) is 4.19. The molecule has 1 N–H and O–H groups in total. The number of hydrogen-bond donors (Lipinski definition) is 1. The van der Waals surface area contributed by atoms with E-state index in [0.29, 0.717) is 23.4 Å². The van der Waals surface area contributed by atoms with Gasteiger partial charge in [0, 0.05) is 29.1 Å². The zero-order valence-corrected chi connectivity index (χ0v) is 14.4. The third-order valence-corrected chi connectivity index (χ3v) is 5.43. The van der Waals surface area contributed by atoms with Crippen LogP contribution in [0.5, 0.6) is 0 Å². The average molecular weight is 364 g/mol. The van der Waals surface area contributed by atoms with Crippen molar-refractivity contribution in [3.8, 4) is 11.3 Å². The highest BCUT2D eigenvalue weighted by molar-refractivity contribution is 5.90. The Balaban J connectivity index is 1.36. The van der Waals surface area contributed by atoms with Crippen LogP contribution in [0.15, 0.2) is 53.5 Å². The van der Waals surface area contributed by atoms with Crippen LogP contribution in [0.1, 0.15) is 30.0 Å². The van der Waals surface area contributed by atoms with Gasteiger partial charge in [0.05, 0.1) is 12.2 Å². The topological polar surface area (TPSA) is 71.3 Å². The molecule has 1 saturated heterocycles. The smallest absolute Gasteiger partial charge is 0.322 e.